The summed E-state index contributed by atoms with van der Waals surface area (Å²) in [7, 11) is 3.17. The van der Waals surface area contributed by atoms with Gasteiger partial charge in [-0.1, -0.05) is 6.92 Å². The summed E-state index contributed by atoms with van der Waals surface area (Å²) in [6, 6.07) is 1.93. The molecule has 0 radical (unpaired) electrons. The minimum absolute atomic E-state index is 0.258. The van der Waals surface area contributed by atoms with Crippen LogP contribution in [0.2, 0.25) is 0 Å². The van der Waals surface area contributed by atoms with E-state index in [0.717, 1.165) is 19.5 Å². The lowest BCUT2D eigenvalue weighted by Gasteiger charge is -2.35. The summed E-state index contributed by atoms with van der Waals surface area (Å²) in [5.41, 5.74) is 6.01. The average Bonchev–Trinajstić information content (AvgIpc) is 2.41. The van der Waals surface area contributed by atoms with Gasteiger partial charge in [0.05, 0.1) is 20.3 Å². The molecule has 0 aliphatic carbocycles. The maximum atomic E-state index is 6.01. The Bertz CT molecular complexity index is 391. The Labute approximate surface area is 107 Å². The first kappa shape index (κ1) is 12.9. The third-order valence-electron chi connectivity index (χ3n) is 3.34. The second-order valence-electron chi connectivity index (χ2n) is 4.63. The molecule has 18 heavy (non-hydrogen) atoms. The molecule has 1 aliphatic heterocycles. The van der Waals surface area contributed by atoms with Gasteiger partial charge in [0.15, 0.2) is 0 Å². The first-order chi connectivity index (χ1) is 8.63. The smallest absolute Gasteiger partial charge is 0.231 e. The topological polar surface area (TPSA) is 73.5 Å². The van der Waals surface area contributed by atoms with Gasteiger partial charge >= 0.3 is 0 Å². The maximum Gasteiger partial charge on any atom is 0.231 e. The van der Waals surface area contributed by atoms with E-state index < -0.39 is 0 Å². The van der Waals surface area contributed by atoms with E-state index in [0.29, 0.717) is 23.6 Å². The second kappa shape index (κ2) is 5.39. The Kier molecular flexibility index (Phi) is 3.86. The number of piperidine rings is 1. The van der Waals surface area contributed by atoms with E-state index in [2.05, 4.69) is 21.8 Å². The Hall–Kier alpha value is -1.56. The van der Waals surface area contributed by atoms with Crippen molar-refractivity contribution < 1.29 is 9.47 Å². The lowest BCUT2D eigenvalue weighted by molar-refractivity contribution is 0.360. The lowest BCUT2D eigenvalue weighted by Crippen LogP contribution is -2.46. The number of ether oxygens (including phenoxy) is 2. The predicted molar refractivity (Wildman–Crippen MR) is 69.1 cm³/mol. The molecule has 2 unspecified atom stereocenters. The molecule has 1 fully saturated rings. The molecule has 1 saturated heterocycles. The van der Waals surface area contributed by atoms with Crippen molar-refractivity contribution in [1.29, 1.82) is 0 Å². The number of nitrogens with two attached hydrogens (primary N) is 1. The largest absolute Gasteiger partial charge is 0.481 e. The molecular weight excluding hydrogens is 232 g/mol. The van der Waals surface area contributed by atoms with E-state index in [-0.39, 0.29) is 6.04 Å². The van der Waals surface area contributed by atoms with Gasteiger partial charge < -0.3 is 20.1 Å². The highest BCUT2D eigenvalue weighted by Crippen LogP contribution is 2.24. The van der Waals surface area contributed by atoms with Crippen LogP contribution in [0.1, 0.15) is 13.3 Å². The summed E-state index contributed by atoms with van der Waals surface area (Å²) >= 11 is 0. The number of anilines is 1. The molecule has 100 valence electrons. The van der Waals surface area contributed by atoms with E-state index in [1.54, 1.807) is 20.3 Å². The highest BCUT2D eigenvalue weighted by atomic mass is 16.5. The molecule has 6 nitrogen and oxygen atoms in total. The van der Waals surface area contributed by atoms with Crippen LogP contribution in [0.4, 0.5) is 5.95 Å². The molecular formula is C12H20N4O2. The summed E-state index contributed by atoms with van der Waals surface area (Å²) in [6.45, 7) is 3.87. The standard InChI is InChI=1S/C12H20N4O2/c1-8-7-16(5-4-9(8)13)12-14-10(17-2)6-11(15-12)18-3/h6,8-9H,4-5,7,13H2,1-3H3. The van der Waals surface area contributed by atoms with Crippen LogP contribution in [-0.2, 0) is 0 Å². The van der Waals surface area contributed by atoms with Crippen molar-refractivity contribution in [3.63, 3.8) is 0 Å². The van der Waals surface area contributed by atoms with Crippen LogP contribution in [-0.4, -0.2) is 43.3 Å². The third kappa shape index (κ3) is 2.64. The van der Waals surface area contributed by atoms with Gasteiger partial charge in [0.25, 0.3) is 0 Å². The Morgan fingerprint density at radius 3 is 2.39 bits per heavy atom. The fraction of sp³-hybridized carbons (Fsp3) is 0.667. The van der Waals surface area contributed by atoms with Crippen LogP contribution in [0.15, 0.2) is 6.07 Å². The van der Waals surface area contributed by atoms with Gasteiger partial charge in [0.1, 0.15) is 0 Å². The minimum atomic E-state index is 0.258. The van der Waals surface area contributed by atoms with Crippen LogP contribution in [0.5, 0.6) is 11.8 Å². The molecule has 2 heterocycles. The zero-order chi connectivity index (χ0) is 13.1. The van der Waals surface area contributed by atoms with Gasteiger partial charge in [-0.15, -0.1) is 0 Å². The van der Waals surface area contributed by atoms with Crippen molar-refractivity contribution in [3.8, 4) is 11.8 Å². The van der Waals surface area contributed by atoms with Crippen LogP contribution < -0.4 is 20.1 Å². The molecule has 0 spiro atoms. The van der Waals surface area contributed by atoms with Crippen molar-refractivity contribution in [3.05, 3.63) is 6.07 Å². The van der Waals surface area contributed by atoms with Gasteiger partial charge in [0.2, 0.25) is 17.7 Å². The van der Waals surface area contributed by atoms with Gasteiger partial charge in [-0.3, -0.25) is 0 Å². The number of nitrogens with zero attached hydrogens (tertiary/aromatic N) is 3. The monoisotopic (exact) mass is 252 g/mol. The zero-order valence-corrected chi connectivity index (χ0v) is 11.1. The van der Waals surface area contributed by atoms with Crippen LogP contribution in [0, 0.1) is 5.92 Å². The molecule has 1 aromatic rings. The lowest BCUT2D eigenvalue weighted by atomic mass is 9.95. The fourth-order valence-corrected chi connectivity index (χ4v) is 2.09. The summed E-state index contributed by atoms with van der Waals surface area (Å²) in [5, 5.41) is 0. The fourth-order valence-electron chi connectivity index (χ4n) is 2.09. The Balaban J connectivity index is 2.22. The van der Waals surface area contributed by atoms with E-state index in [1.807, 2.05) is 0 Å². The molecule has 6 heteroatoms. The molecule has 2 atom stereocenters. The number of aromatic nitrogens is 2. The summed E-state index contributed by atoms with van der Waals surface area (Å²) in [6.07, 6.45) is 0.948. The van der Waals surface area contributed by atoms with Crippen molar-refractivity contribution in [2.75, 3.05) is 32.2 Å². The second-order valence-corrected chi connectivity index (χ2v) is 4.63. The highest BCUT2D eigenvalue weighted by molar-refractivity contribution is 5.37. The third-order valence-corrected chi connectivity index (χ3v) is 3.34. The van der Waals surface area contributed by atoms with E-state index in [9.17, 15) is 0 Å². The Morgan fingerprint density at radius 1 is 1.28 bits per heavy atom. The average molecular weight is 252 g/mol. The first-order valence-electron chi connectivity index (χ1n) is 6.11. The van der Waals surface area contributed by atoms with Gasteiger partial charge in [-0.25, -0.2) is 0 Å². The molecule has 0 saturated carbocycles. The summed E-state index contributed by atoms with van der Waals surface area (Å²) in [4.78, 5) is 10.8. The number of methoxy groups -OCH3 is 2. The van der Waals surface area contributed by atoms with E-state index in [1.165, 1.54) is 0 Å². The van der Waals surface area contributed by atoms with Gasteiger partial charge in [0, 0.05) is 19.1 Å². The molecule has 2 rings (SSSR count). The highest BCUT2D eigenvalue weighted by Gasteiger charge is 2.25. The van der Waals surface area contributed by atoms with Crippen molar-refractivity contribution >= 4 is 5.95 Å². The number of hydrogen-bond acceptors (Lipinski definition) is 6. The van der Waals surface area contributed by atoms with Gasteiger partial charge in [-0.05, 0) is 12.3 Å². The van der Waals surface area contributed by atoms with Crippen LogP contribution in [0.25, 0.3) is 0 Å². The normalized spacial score (nSPS) is 23.9. The van der Waals surface area contributed by atoms with Crippen molar-refractivity contribution in [2.24, 2.45) is 11.7 Å². The van der Waals surface area contributed by atoms with Crippen molar-refractivity contribution in [1.82, 2.24) is 9.97 Å². The minimum Gasteiger partial charge on any atom is -0.481 e. The SMILES string of the molecule is COc1cc(OC)nc(N2CCC(N)C(C)C2)n1. The predicted octanol–water partition coefficient (Wildman–Crippen LogP) is 0.667. The zero-order valence-electron chi connectivity index (χ0n) is 11.1. The number of hydrogen-bond donors (Lipinski definition) is 1. The number of rotatable bonds is 3. The van der Waals surface area contributed by atoms with Crippen molar-refractivity contribution in [2.45, 2.75) is 19.4 Å². The molecule has 1 aromatic heterocycles. The van der Waals surface area contributed by atoms with Gasteiger partial charge in [-0.2, -0.15) is 9.97 Å². The molecule has 0 amide bonds. The summed E-state index contributed by atoms with van der Waals surface area (Å²) in [5.74, 6) is 2.10. The Morgan fingerprint density at radius 2 is 1.89 bits per heavy atom. The molecule has 2 N–H and O–H groups in total. The molecule has 0 aromatic carbocycles. The van der Waals surface area contributed by atoms with E-state index >= 15 is 0 Å². The molecule has 0 bridgehead atoms. The quantitative estimate of drug-likeness (QED) is 0.852. The van der Waals surface area contributed by atoms with E-state index in [4.69, 9.17) is 15.2 Å². The van der Waals surface area contributed by atoms with Crippen LogP contribution >= 0.6 is 0 Å². The maximum absolute atomic E-state index is 6.01. The summed E-state index contributed by atoms with van der Waals surface area (Å²) < 4.78 is 10.3. The first-order valence-corrected chi connectivity index (χ1v) is 6.11. The van der Waals surface area contributed by atoms with Crippen LogP contribution in [0.3, 0.4) is 0 Å². The molecule has 1 aliphatic rings.